The van der Waals surface area contributed by atoms with E-state index < -0.39 is 11.7 Å². The van der Waals surface area contributed by atoms with E-state index in [-0.39, 0.29) is 46.7 Å². The van der Waals surface area contributed by atoms with Crippen molar-refractivity contribution in [1.82, 2.24) is 14.7 Å². The van der Waals surface area contributed by atoms with Crippen molar-refractivity contribution in [2.75, 3.05) is 14.1 Å². The van der Waals surface area contributed by atoms with Crippen molar-refractivity contribution >= 4 is 57.9 Å². The zero-order valence-electron chi connectivity index (χ0n) is 13.4. The van der Waals surface area contributed by atoms with Crippen molar-refractivity contribution < 1.29 is 32.6 Å². The van der Waals surface area contributed by atoms with Crippen LogP contribution < -0.4 is 0 Å². The van der Waals surface area contributed by atoms with E-state index in [0.717, 1.165) is 16.8 Å². The molecule has 1 aromatic carbocycles. The average Bonchev–Trinajstić information content (AvgIpc) is 2.79. The number of aromatic nitrogens is 2. The Labute approximate surface area is 183 Å². The van der Waals surface area contributed by atoms with Crippen molar-refractivity contribution in [3.8, 4) is 11.8 Å². The van der Waals surface area contributed by atoms with Gasteiger partial charge in [0.15, 0.2) is 11.5 Å². The normalized spacial score (nSPS) is 11.3. The minimum atomic E-state index is -4.59. The van der Waals surface area contributed by atoms with E-state index in [1.54, 1.807) is 19.0 Å². The molecule has 0 aliphatic carbocycles. The molecule has 2 aromatic rings. The zero-order chi connectivity index (χ0) is 18.9. The van der Waals surface area contributed by atoms with Crippen molar-refractivity contribution in [2.24, 2.45) is 4.99 Å². The predicted octanol–water partition coefficient (Wildman–Crippen LogP) is 4.89. The summed E-state index contributed by atoms with van der Waals surface area (Å²) in [5.74, 6) is 0.231. The van der Waals surface area contributed by atoms with Gasteiger partial charge < -0.3 is 4.90 Å². The maximum Gasteiger partial charge on any atom is 0.416 e. The number of nitrogens with zero attached hydrogens (tertiary/aromatic N) is 5. The van der Waals surface area contributed by atoms with Gasteiger partial charge in [-0.2, -0.15) is 23.5 Å². The summed E-state index contributed by atoms with van der Waals surface area (Å²) in [6, 6.07) is 3.40. The molecule has 1 heterocycles. The van der Waals surface area contributed by atoms with E-state index in [1.807, 2.05) is 28.7 Å². The molecule has 0 aliphatic rings. The van der Waals surface area contributed by atoms with E-state index >= 15 is 0 Å². The van der Waals surface area contributed by atoms with Gasteiger partial charge in [0.05, 0.1) is 25.5 Å². The van der Waals surface area contributed by atoms with Gasteiger partial charge in [0.2, 0.25) is 0 Å². The summed E-state index contributed by atoms with van der Waals surface area (Å²) in [7, 11) is 3.47. The van der Waals surface area contributed by atoms with E-state index in [9.17, 15) is 13.2 Å². The summed E-state index contributed by atoms with van der Waals surface area (Å²) >= 11 is 13.9. The quantitative estimate of drug-likeness (QED) is 0.230. The van der Waals surface area contributed by atoms with Crippen LogP contribution in [0.3, 0.4) is 0 Å². The van der Waals surface area contributed by atoms with Crippen LogP contribution in [-0.4, -0.2) is 35.1 Å². The third kappa shape index (κ3) is 4.88. The van der Waals surface area contributed by atoms with Crippen LogP contribution in [0.1, 0.15) is 11.3 Å². The van der Waals surface area contributed by atoms with Gasteiger partial charge in [-0.3, -0.25) is 0 Å². The Morgan fingerprint density at radius 3 is 2.27 bits per heavy atom. The van der Waals surface area contributed by atoms with Gasteiger partial charge in [0.1, 0.15) is 11.8 Å². The second-order valence-electron chi connectivity index (χ2n) is 5.00. The second-order valence-corrected chi connectivity index (χ2v) is 6.90. The minimum Gasteiger partial charge on any atom is -0.369 e. The van der Waals surface area contributed by atoms with E-state index in [0.29, 0.717) is 3.57 Å². The molecular formula is C14H9Cl2F3IN5Zn. The first-order chi connectivity index (χ1) is 11.6. The molecule has 1 aromatic heterocycles. The van der Waals surface area contributed by atoms with Crippen LogP contribution in [0.15, 0.2) is 17.1 Å². The van der Waals surface area contributed by atoms with Crippen LogP contribution in [0.25, 0.3) is 5.69 Å². The molecule has 0 N–H and O–H groups in total. The Kier molecular flexibility index (Phi) is 7.90. The second kappa shape index (κ2) is 8.87. The molecule has 0 atom stereocenters. The van der Waals surface area contributed by atoms with Gasteiger partial charge in [-0.25, -0.2) is 9.67 Å². The fourth-order valence-electron chi connectivity index (χ4n) is 1.83. The third-order valence-electron chi connectivity index (χ3n) is 2.88. The van der Waals surface area contributed by atoms with Crippen LogP contribution >= 0.6 is 45.8 Å². The molecule has 2 rings (SSSR count). The fourth-order valence-corrected chi connectivity index (χ4v) is 3.07. The summed E-state index contributed by atoms with van der Waals surface area (Å²) in [5, 5.41) is 12.7. The van der Waals surface area contributed by atoms with Gasteiger partial charge in [0.25, 0.3) is 0 Å². The first-order valence-electron chi connectivity index (χ1n) is 6.52. The number of halogens is 6. The predicted molar refractivity (Wildman–Crippen MR) is 97.9 cm³/mol. The molecule has 0 spiro atoms. The standard InChI is InChI=1S/C14H9Cl2F3IN5.Zn/c1-24(2)6-22-13-11(20)10(5-21)23-25(13)12-8(15)3-7(4-9(12)16)14(17,18)19;/h3-4,6H,1-2H3;. The Morgan fingerprint density at radius 2 is 1.85 bits per heavy atom. The fraction of sp³-hybridized carbons (Fsp3) is 0.214. The van der Waals surface area contributed by atoms with Gasteiger partial charge in [-0.05, 0) is 34.7 Å². The molecule has 5 nitrogen and oxygen atoms in total. The number of aliphatic imine (C=N–C) groups is 1. The summed E-state index contributed by atoms with van der Waals surface area (Å²) in [4.78, 5) is 5.86. The Hall–Kier alpha value is -0.887. The Morgan fingerprint density at radius 1 is 1.31 bits per heavy atom. The minimum absolute atomic E-state index is 0. The molecule has 12 heteroatoms. The van der Waals surface area contributed by atoms with Gasteiger partial charge in [-0.1, -0.05) is 23.2 Å². The molecular weight excluding hydrogens is 558 g/mol. The molecule has 0 unspecified atom stereocenters. The van der Waals surface area contributed by atoms with E-state index in [1.165, 1.54) is 6.34 Å². The van der Waals surface area contributed by atoms with Gasteiger partial charge in [0, 0.05) is 33.6 Å². The van der Waals surface area contributed by atoms with Crippen LogP contribution in [0, 0.1) is 14.9 Å². The van der Waals surface area contributed by atoms with Crippen LogP contribution in [-0.2, 0) is 25.7 Å². The number of hydrogen-bond donors (Lipinski definition) is 0. The maximum atomic E-state index is 12.9. The van der Waals surface area contributed by atoms with Crippen molar-refractivity contribution in [1.29, 1.82) is 5.26 Å². The molecule has 0 aliphatic heterocycles. The van der Waals surface area contributed by atoms with Crippen LogP contribution in [0.2, 0.25) is 10.0 Å². The number of hydrogen-bond acceptors (Lipinski definition) is 3. The molecule has 0 radical (unpaired) electrons. The van der Waals surface area contributed by atoms with Crippen LogP contribution in [0.4, 0.5) is 19.0 Å². The SMILES string of the molecule is CN(C)C=Nc1c(I)c(C#N)nn1-c1c(Cl)cc(C(F)(F)F)cc1Cl.[Zn]. The van der Waals surface area contributed by atoms with E-state index in [2.05, 4.69) is 10.1 Å². The van der Waals surface area contributed by atoms with Crippen LogP contribution in [0.5, 0.6) is 0 Å². The molecule has 0 fully saturated rings. The Bertz CT molecular complexity index is 867. The van der Waals surface area contributed by atoms with Gasteiger partial charge in [-0.15, -0.1) is 0 Å². The number of nitriles is 1. The molecule has 0 amide bonds. The topological polar surface area (TPSA) is 57.2 Å². The summed E-state index contributed by atoms with van der Waals surface area (Å²) in [6.45, 7) is 0. The Balaban J connectivity index is 0.00000338. The monoisotopic (exact) mass is 565 g/mol. The van der Waals surface area contributed by atoms with Crippen molar-refractivity contribution in [3.05, 3.63) is 37.0 Å². The molecule has 0 bridgehead atoms. The number of rotatable bonds is 3. The van der Waals surface area contributed by atoms with Crippen molar-refractivity contribution in [3.63, 3.8) is 0 Å². The van der Waals surface area contributed by atoms with Crippen molar-refractivity contribution in [2.45, 2.75) is 6.18 Å². The zero-order valence-corrected chi connectivity index (χ0v) is 20.1. The largest absolute Gasteiger partial charge is 0.416 e. The van der Waals surface area contributed by atoms with Gasteiger partial charge >= 0.3 is 6.18 Å². The maximum absolute atomic E-state index is 12.9. The summed E-state index contributed by atoms with van der Waals surface area (Å²) < 4.78 is 40.2. The summed E-state index contributed by atoms with van der Waals surface area (Å²) in [6.07, 6.45) is -3.13. The average molecular weight is 567 g/mol. The first-order valence-corrected chi connectivity index (χ1v) is 8.35. The number of alkyl halides is 3. The molecule has 0 saturated heterocycles. The summed E-state index contributed by atoms with van der Waals surface area (Å²) in [5.41, 5.74) is -0.910. The van der Waals surface area contributed by atoms with E-state index in [4.69, 9.17) is 28.5 Å². The molecule has 0 saturated carbocycles. The number of benzene rings is 1. The third-order valence-corrected chi connectivity index (χ3v) is 4.45. The first kappa shape index (κ1) is 23.2. The molecule has 134 valence electrons. The smallest absolute Gasteiger partial charge is 0.369 e. The molecule has 26 heavy (non-hydrogen) atoms.